The van der Waals surface area contributed by atoms with Gasteiger partial charge in [0.2, 0.25) is 5.09 Å². The number of carbonyl (C=O) groups is 1. The third kappa shape index (κ3) is 3.76. The summed E-state index contributed by atoms with van der Waals surface area (Å²) in [5.41, 5.74) is 4.82. The highest BCUT2D eigenvalue weighted by atomic mass is 32.2. The predicted molar refractivity (Wildman–Crippen MR) is 109 cm³/mol. The molecule has 2 heterocycles. The van der Waals surface area contributed by atoms with Gasteiger partial charge >= 0.3 is 0 Å². The largest absolute Gasteiger partial charge is 0.450 e. The lowest BCUT2D eigenvalue weighted by molar-refractivity contribution is -0.117. The molecule has 3 N–H and O–H groups in total. The lowest BCUT2D eigenvalue weighted by atomic mass is 9.97. The Morgan fingerprint density at radius 3 is 2.34 bits per heavy atom. The van der Waals surface area contributed by atoms with Crippen LogP contribution < -0.4 is 5.14 Å². The summed E-state index contributed by atoms with van der Waals surface area (Å²) in [6.07, 6.45) is 5.90. The van der Waals surface area contributed by atoms with Gasteiger partial charge in [-0.1, -0.05) is 0 Å². The molecule has 0 aliphatic heterocycles. The molecule has 1 atom stereocenters. The number of hydrogen-bond acceptors (Lipinski definition) is 5. The summed E-state index contributed by atoms with van der Waals surface area (Å²) < 4.78 is 22.3. The number of fused-ring (bicyclic) bond motifs is 2. The minimum atomic E-state index is -3.54. The van der Waals surface area contributed by atoms with E-state index in [2.05, 4.69) is 4.36 Å². The Balaban J connectivity index is 1.67. The third-order valence-electron chi connectivity index (χ3n) is 5.78. The number of nitrogens with two attached hydrogens (primary N) is 1. The van der Waals surface area contributed by atoms with Gasteiger partial charge in [0.1, 0.15) is 5.76 Å². The zero-order valence-corrected chi connectivity index (χ0v) is 17.9. The number of hydrogen-bond donors (Lipinski definition) is 2. The molecule has 0 radical (unpaired) electrons. The van der Waals surface area contributed by atoms with Crippen LogP contribution >= 0.6 is 0 Å². The Morgan fingerprint density at radius 2 is 1.83 bits per heavy atom. The second kappa shape index (κ2) is 7.04. The Labute approximate surface area is 171 Å². The van der Waals surface area contributed by atoms with Crippen LogP contribution in [0.4, 0.5) is 0 Å². The molecule has 0 aromatic carbocycles. The zero-order valence-electron chi connectivity index (χ0n) is 17.1. The van der Waals surface area contributed by atoms with E-state index in [1.165, 1.54) is 6.07 Å². The van der Waals surface area contributed by atoms with Crippen LogP contribution in [-0.2, 0) is 52.4 Å². The van der Waals surface area contributed by atoms with Gasteiger partial charge in [0, 0.05) is 23.0 Å². The van der Waals surface area contributed by atoms with Crippen molar-refractivity contribution in [3.05, 3.63) is 45.5 Å². The summed E-state index contributed by atoms with van der Waals surface area (Å²) in [7, 11) is -3.54. The van der Waals surface area contributed by atoms with Crippen molar-refractivity contribution in [1.29, 1.82) is 0 Å². The number of furan rings is 1. The van der Waals surface area contributed by atoms with Gasteiger partial charge in [0.25, 0.3) is 5.91 Å². The molecule has 1 amide bonds. The number of aromatic nitrogens is 1. The highest BCUT2D eigenvalue weighted by Crippen LogP contribution is 2.33. The molecule has 8 heteroatoms. The van der Waals surface area contributed by atoms with E-state index in [1.807, 2.05) is 0 Å². The van der Waals surface area contributed by atoms with E-state index in [4.69, 9.17) is 14.5 Å². The SMILES string of the molecule is Cc1oc(S(N)(=O)=NC(=O)Cc2c3c(nc4c2CCC4)CCC3)cc1C(C)(C)O. The smallest absolute Gasteiger partial charge is 0.259 e. The first-order valence-corrected chi connectivity index (χ1v) is 11.6. The number of aryl methyl sites for hydroxylation is 3. The van der Waals surface area contributed by atoms with E-state index in [-0.39, 0.29) is 11.5 Å². The molecule has 0 saturated carbocycles. The fraction of sp³-hybridized carbons (Fsp3) is 0.524. The maximum Gasteiger partial charge on any atom is 0.259 e. The van der Waals surface area contributed by atoms with Crippen LogP contribution in [0.1, 0.15) is 66.1 Å². The molecular weight excluding hydrogens is 390 g/mol. The van der Waals surface area contributed by atoms with Crippen molar-refractivity contribution >= 4 is 15.8 Å². The van der Waals surface area contributed by atoms with Crippen molar-refractivity contribution < 1.29 is 18.5 Å². The molecule has 2 aliphatic rings. The van der Waals surface area contributed by atoms with Crippen molar-refractivity contribution in [2.45, 2.75) is 76.4 Å². The fourth-order valence-corrected chi connectivity index (χ4v) is 5.49. The van der Waals surface area contributed by atoms with E-state index >= 15 is 0 Å². The number of aliphatic hydroxyl groups is 1. The Hall–Kier alpha value is -2.03. The Morgan fingerprint density at radius 1 is 1.24 bits per heavy atom. The van der Waals surface area contributed by atoms with Crippen molar-refractivity contribution in [3.8, 4) is 0 Å². The van der Waals surface area contributed by atoms with Crippen LogP contribution in [-0.4, -0.2) is 20.2 Å². The van der Waals surface area contributed by atoms with Crippen LogP contribution in [0.25, 0.3) is 0 Å². The normalized spacial score (nSPS) is 17.7. The summed E-state index contributed by atoms with van der Waals surface area (Å²) in [5.74, 6) is -0.121. The molecule has 0 saturated heterocycles. The number of nitrogens with zero attached hydrogens (tertiary/aromatic N) is 2. The summed E-state index contributed by atoms with van der Waals surface area (Å²) in [6, 6.07) is 1.43. The quantitative estimate of drug-likeness (QED) is 0.793. The van der Waals surface area contributed by atoms with Gasteiger partial charge < -0.3 is 9.52 Å². The zero-order chi connectivity index (χ0) is 21.0. The molecule has 1 unspecified atom stereocenters. The van der Waals surface area contributed by atoms with Crippen LogP contribution in [0, 0.1) is 6.92 Å². The van der Waals surface area contributed by atoms with E-state index in [1.54, 1.807) is 20.8 Å². The molecule has 4 rings (SSSR count). The summed E-state index contributed by atoms with van der Waals surface area (Å²) in [6.45, 7) is 4.84. The molecule has 29 heavy (non-hydrogen) atoms. The number of carbonyl (C=O) groups excluding carboxylic acids is 1. The fourth-order valence-electron chi connectivity index (χ4n) is 4.50. The third-order valence-corrected chi connectivity index (χ3v) is 7.04. The molecule has 0 bridgehead atoms. The molecule has 0 spiro atoms. The summed E-state index contributed by atoms with van der Waals surface area (Å²) >= 11 is 0. The van der Waals surface area contributed by atoms with Gasteiger partial charge in [0.15, 0.2) is 9.92 Å². The van der Waals surface area contributed by atoms with Gasteiger partial charge in [-0.15, -0.1) is 4.36 Å². The molecule has 156 valence electrons. The maximum absolute atomic E-state index is 13.0. The molecule has 2 aliphatic carbocycles. The van der Waals surface area contributed by atoms with Gasteiger partial charge in [-0.25, -0.2) is 9.35 Å². The van der Waals surface area contributed by atoms with E-state index < -0.39 is 21.4 Å². The first-order valence-electron chi connectivity index (χ1n) is 9.99. The summed E-state index contributed by atoms with van der Waals surface area (Å²) in [4.78, 5) is 17.6. The molecule has 2 aromatic rings. The van der Waals surface area contributed by atoms with Crippen LogP contribution in [0.5, 0.6) is 0 Å². The average Bonchev–Trinajstić information content (AvgIpc) is 3.31. The first kappa shape index (κ1) is 20.3. The minimum absolute atomic E-state index is 0.0828. The van der Waals surface area contributed by atoms with Gasteiger partial charge in [-0.3, -0.25) is 9.78 Å². The minimum Gasteiger partial charge on any atom is -0.450 e. The van der Waals surface area contributed by atoms with Gasteiger partial charge in [-0.05, 0) is 76.0 Å². The second-order valence-corrected chi connectivity index (χ2v) is 10.2. The average molecular weight is 418 g/mol. The lowest BCUT2D eigenvalue weighted by Crippen LogP contribution is -2.17. The molecule has 7 nitrogen and oxygen atoms in total. The van der Waals surface area contributed by atoms with Crippen molar-refractivity contribution in [1.82, 2.24) is 4.98 Å². The van der Waals surface area contributed by atoms with Gasteiger partial charge in [-0.2, -0.15) is 0 Å². The number of amides is 1. The van der Waals surface area contributed by atoms with Gasteiger partial charge in [0.05, 0.1) is 12.0 Å². The maximum atomic E-state index is 13.0. The standard InChI is InChI=1S/C21H27N3O4S/c1-12-16(21(2,3)26)11-20(28-12)29(22,27)24-19(25)10-15-13-6-4-8-17(13)23-18-9-5-7-14(15)18/h11,26H,4-10H2,1-3H3,(H2,22,24,25,27). The van der Waals surface area contributed by atoms with Crippen molar-refractivity contribution in [2.75, 3.05) is 0 Å². The lowest BCUT2D eigenvalue weighted by Gasteiger charge is -2.15. The molecule has 2 aromatic heterocycles. The first-order chi connectivity index (χ1) is 13.6. The summed E-state index contributed by atoms with van der Waals surface area (Å²) in [5, 5.41) is 16.0. The highest BCUT2D eigenvalue weighted by molar-refractivity contribution is 7.91. The van der Waals surface area contributed by atoms with Crippen LogP contribution in [0.15, 0.2) is 19.9 Å². The number of rotatable bonds is 4. The topological polar surface area (TPSA) is 119 Å². The monoisotopic (exact) mass is 417 g/mol. The second-order valence-electron chi connectivity index (χ2n) is 8.47. The van der Waals surface area contributed by atoms with Crippen LogP contribution in [0.3, 0.4) is 0 Å². The van der Waals surface area contributed by atoms with Crippen molar-refractivity contribution in [2.24, 2.45) is 9.50 Å². The molecular formula is C21H27N3O4S. The van der Waals surface area contributed by atoms with E-state index in [9.17, 15) is 14.1 Å². The molecule has 0 fully saturated rings. The van der Waals surface area contributed by atoms with E-state index in [0.29, 0.717) is 11.3 Å². The van der Waals surface area contributed by atoms with Crippen LogP contribution in [0.2, 0.25) is 0 Å². The van der Waals surface area contributed by atoms with Crippen molar-refractivity contribution in [3.63, 3.8) is 0 Å². The highest BCUT2D eigenvalue weighted by Gasteiger charge is 2.28. The Bertz CT molecular complexity index is 1090. The predicted octanol–water partition coefficient (Wildman–Crippen LogP) is 2.66. The Kier molecular flexibility index (Phi) is 4.91. The number of pyridine rings is 1. The van der Waals surface area contributed by atoms with E-state index in [0.717, 1.165) is 66.6 Å².